The normalized spacial score (nSPS) is 15.8. The molecule has 0 aliphatic carbocycles. The number of hydrogen-bond donors (Lipinski definition) is 4. The molecule has 6 heteroatoms. The Morgan fingerprint density at radius 3 is 0.981 bits per heavy atom. The highest BCUT2D eigenvalue weighted by molar-refractivity contribution is 4.82. The molecule has 0 amide bonds. The Labute approximate surface area is 325 Å². The van der Waals surface area contributed by atoms with Gasteiger partial charge in [-0.05, 0) is 77.3 Å². The molecular formula is C46H92N4O2. The Morgan fingerprint density at radius 2 is 0.673 bits per heavy atom. The van der Waals surface area contributed by atoms with Crippen LogP contribution in [0.15, 0.2) is 24.3 Å². The number of β-amino-alcohol motifs (C(OH)–C–C–N with tert-alkyl or cyclic N) is 2. The van der Waals surface area contributed by atoms with Crippen molar-refractivity contribution in [3.05, 3.63) is 24.3 Å². The van der Waals surface area contributed by atoms with E-state index >= 15 is 0 Å². The molecule has 0 aromatic carbocycles. The number of nitrogens with zero attached hydrogens (tertiary/aromatic N) is 2. The SMILES string of the molecule is CCCCCCCC/C=C/CCCCCCCCNCC(O)CN1CCN(CC(O)CNCCCCCCCC/C=C/CCCCCCCC)CC1. The molecule has 6 nitrogen and oxygen atoms in total. The molecule has 0 aromatic rings. The lowest BCUT2D eigenvalue weighted by Crippen LogP contribution is -2.51. The molecule has 1 rings (SSSR count). The molecule has 2 atom stereocenters. The van der Waals surface area contributed by atoms with Crippen molar-refractivity contribution in [3.8, 4) is 0 Å². The molecule has 0 saturated carbocycles. The second-order valence-corrected chi connectivity index (χ2v) is 16.2. The van der Waals surface area contributed by atoms with Gasteiger partial charge in [-0.25, -0.2) is 0 Å². The third-order valence-corrected chi connectivity index (χ3v) is 10.9. The minimum atomic E-state index is -0.308. The fourth-order valence-electron chi connectivity index (χ4n) is 7.41. The summed E-state index contributed by atoms with van der Waals surface area (Å²) in [6.07, 6.45) is 46.5. The van der Waals surface area contributed by atoms with Crippen LogP contribution in [0, 0.1) is 0 Å². The monoisotopic (exact) mass is 733 g/mol. The van der Waals surface area contributed by atoms with E-state index in [1.54, 1.807) is 0 Å². The van der Waals surface area contributed by atoms with Crippen molar-refractivity contribution in [3.63, 3.8) is 0 Å². The van der Waals surface area contributed by atoms with Gasteiger partial charge in [0.15, 0.2) is 0 Å². The molecule has 0 radical (unpaired) electrons. The number of unbranched alkanes of at least 4 members (excludes halogenated alkanes) is 24. The maximum absolute atomic E-state index is 10.6. The van der Waals surface area contributed by atoms with Crippen LogP contribution in [0.5, 0.6) is 0 Å². The average Bonchev–Trinajstić information content (AvgIpc) is 3.14. The second-order valence-electron chi connectivity index (χ2n) is 16.2. The minimum Gasteiger partial charge on any atom is -0.390 e. The third kappa shape index (κ3) is 35.0. The number of aliphatic hydroxyl groups is 2. The average molecular weight is 733 g/mol. The van der Waals surface area contributed by atoms with E-state index in [1.807, 2.05) is 0 Å². The molecule has 308 valence electrons. The molecule has 2 unspecified atom stereocenters. The Kier molecular flexibility index (Phi) is 37.8. The van der Waals surface area contributed by atoms with E-state index in [-0.39, 0.29) is 12.2 Å². The van der Waals surface area contributed by atoms with Crippen LogP contribution in [-0.4, -0.2) is 97.7 Å². The summed E-state index contributed by atoms with van der Waals surface area (Å²) in [6, 6.07) is 0. The molecule has 0 spiro atoms. The highest BCUT2D eigenvalue weighted by Gasteiger charge is 2.20. The van der Waals surface area contributed by atoms with Crippen LogP contribution in [0.1, 0.15) is 194 Å². The van der Waals surface area contributed by atoms with Crippen molar-refractivity contribution in [1.29, 1.82) is 0 Å². The first-order valence-electron chi connectivity index (χ1n) is 23.2. The van der Waals surface area contributed by atoms with Gasteiger partial charge in [0.1, 0.15) is 0 Å². The minimum absolute atomic E-state index is 0.308. The first-order valence-corrected chi connectivity index (χ1v) is 23.2. The van der Waals surface area contributed by atoms with Crippen molar-refractivity contribution in [1.82, 2.24) is 20.4 Å². The van der Waals surface area contributed by atoms with Crippen molar-refractivity contribution in [2.75, 3.05) is 65.4 Å². The first kappa shape index (κ1) is 49.3. The third-order valence-electron chi connectivity index (χ3n) is 10.9. The molecule has 1 heterocycles. The standard InChI is InChI=1S/C46H92N4O2/c1-3-5-7-9-11-13-15-17-19-21-23-25-27-29-31-33-35-47-41-45(51)43-49-37-39-50(40-38-49)44-46(52)42-48-36-34-32-30-28-26-24-22-20-18-16-14-12-10-8-6-4-2/h17-20,45-48,51-52H,3-16,21-44H2,1-2H3/b19-17+,20-18+. The number of aliphatic hydroxyl groups excluding tert-OH is 2. The Morgan fingerprint density at radius 1 is 0.404 bits per heavy atom. The molecule has 52 heavy (non-hydrogen) atoms. The van der Waals surface area contributed by atoms with Crippen LogP contribution in [0.2, 0.25) is 0 Å². The number of rotatable bonds is 40. The van der Waals surface area contributed by atoms with E-state index in [0.717, 1.165) is 52.4 Å². The van der Waals surface area contributed by atoms with Gasteiger partial charge >= 0.3 is 0 Å². The fraction of sp³-hybridized carbons (Fsp3) is 0.913. The maximum atomic E-state index is 10.6. The van der Waals surface area contributed by atoms with E-state index < -0.39 is 0 Å². The highest BCUT2D eigenvalue weighted by atomic mass is 16.3. The topological polar surface area (TPSA) is 71.0 Å². The lowest BCUT2D eigenvalue weighted by atomic mass is 10.1. The molecule has 0 bridgehead atoms. The van der Waals surface area contributed by atoms with Gasteiger partial charge in [-0.15, -0.1) is 0 Å². The summed E-state index contributed by atoms with van der Waals surface area (Å²) in [5.41, 5.74) is 0. The molecule has 1 fully saturated rings. The smallest absolute Gasteiger partial charge is 0.0791 e. The van der Waals surface area contributed by atoms with E-state index in [1.165, 1.54) is 180 Å². The molecule has 1 aliphatic heterocycles. The van der Waals surface area contributed by atoms with Crippen LogP contribution < -0.4 is 10.6 Å². The summed E-state index contributed by atoms with van der Waals surface area (Å²) in [7, 11) is 0. The van der Waals surface area contributed by atoms with Gasteiger partial charge < -0.3 is 20.8 Å². The van der Waals surface area contributed by atoms with Gasteiger partial charge in [0.2, 0.25) is 0 Å². The number of piperazine rings is 1. The largest absolute Gasteiger partial charge is 0.390 e. The fourth-order valence-corrected chi connectivity index (χ4v) is 7.41. The summed E-state index contributed by atoms with van der Waals surface area (Å²) in [6.45, 7) is 13.3. The van der Waals surface area contributed by atoms with Crippen molar-refractivity contribution < 1.29 is 10.2 Å². The van der Waals surface area contributed by atoms with Gasteiger partial charge in [-0.1, -0.05) is 154 Å². The highest BCUT2D eigenvalue weighted by Crippen LogP contribution is 2.12. The van der Waals surface area contributed by atoms with Gasteiger partial charge in [0.25, 0.3) is 0 Å². The number of nitrogens with one attached hydrogen (secondary N) is 2. The van der Waals surface area contributed by atoms with Gasteiger partial charge in [-0.3, -0.25) is 9.80 Å². The Balaban J connectivity index is 1.83. The predicted molar refractivity (Wildman–Crippen MR) is 230 cm³/mol. The van der Waals surface area contributed by atoms with E-state index in [4.69, 9.17) is 0 Å². The van der Waals surface area contributed by atoms with Crippen LogP contribution >= 0.6 is 0 Å². The lowest BCUT2D eigenvalue weighted by Gasteiger charge is -2.36. The molecule has 4 N–H and O–H groups in total. The molecule has 1 aliphatic rings. The first-order chi connectivity index (χ1) is 25.7. The van der Waals surface area contributed by atoms with E-state index in [9.17, 15) is 10.2 Å². The van der Waals surface area contributed by atoms with Crippen molar-refractivity contribution in [2.45, 2.75) is 206 Å². The van der Waals surface area contributed by atoms with E-state index in [2.05, 4.69) is 58.6 Å². The van der Waals surface area contributed by atoms with Crippen LogP contribution in [0.4, 0.5) is 0 Å². The van der Waals surface area contributed by atoms with Crippen LogP contribution in [0.25, 0.3) is 0 Å². The molecule has 0 aromatic heterocycles. The molecular weight excluding hydrogens is 641 g/mol. The summed E-state index contributed by atoms with van der Waals surface area (Å²) in [4.78, 5) is 4.76. The van der Waals surface area contributed by atoms with Gasteiger partial charge in [0.05, 0.1) is 12.2 Å². The summed E-state index contributed by atoms with van der Waals surface area (Å²) >= 11 is 0. The zero-order valence-electron chi connectivity index (χ0n) is 35.1. The summed E-state index contributed by atoms with van der Waals surface area (Å²) in [5.74, 6) is 0. The Hall–Kier alpha value is -0.760. The van der Waals surface area contributed by atoms with Crippen molar-refractivity contribution >= 4 is 0 Å². The number of hydrogen-bond acceptors (Lipinski definition) is 6. The summed E-state index contributed by atoms with van der Waals surface area (Å²) < 4.78 is 0. The zero-order valence-corrected chi connectivity index (χ0v) is 35.1. The zero-order chi connectivity index (χ0) is 37.4. The maximum Gasteiger partial charge on any atom is 0.0791 e. The van der Waals surface area contributed by atoms with Gasteiger partial charge in [0, 0.05) is 52.4 Å². The lowest BCUT2D eigenvalue weighted by molar-refractivity contribution is 0.0489. The quantitative estimate of drug-likeness (QED) is 0.0371. The van der Waals surface area contributed by atoms with Crippen molar-refractivity contribution in [2.24, 2.45) is 0 Å². The van der Waals surface area contributed by atoms with Crippen LogP contribution in [-0.2, 0) is 0 Å². The second kappa shape index (κ2) is 39.9. The van der Waals surface area contributed by atoms with Gasteiger partial charge in [-0.2, -0.15) is 0 Å². The Bertz CT molecular complexity index is 693. The summed E-state index contributed by atoms with van der Waals surface area (Å²) in [5, 5.41) is 28.1. The van der Waals surface area contributed by atoms with E-state index in [0.29, 0.717) is 13.1 Å². The predicted octanol–water partition coefficient (Wildman–Crippen LogP) is 10.6. The molecule has 1 saturated heterocycles. The number of allylic oxidation sites excluding steroid dienone is 4. The van der Waals surface area contributed by atoms with Crippen LogP contribution in [0.3, 0.4) is 0 Å².